The van der Waals surface area contributed by atoms with Gasteiger partial charge in [0.2, 0.25) is 12.7 Å². The molecule has 0 spiro atoms. The van der Waals surface area contributed by atoms with Crippen LogP contribution < -0.4 is 14.8 Å². The first-order valence-electron chi connectivity index (χ1n) is 7.06. The molecule has 114 valence electrons. The Bertz CT molecular complexity index is 688. The molecular formula is C17H16BrNO3. The van der Waals surface area contributed by atoms with E-state index in [-0.39, 0.29) is 25.2 Å². The molecule has 0 radical (unpaired) electrons. The van der Waals surface area contributed by atoms with Crippen LogP contribution in [0.1, 0.15) is 24.1 Å². The zero-order valence-corrected chi connectivity index (χ0v) is 13.7. The number of nitrogens with one attached hydrogen (secondary N) is 1. The normalized spacial score (nSPS) is 13.7. The van der Waals surface area contributed by atoms with Crippen molar-refractivity contribution >= 4 is 21.8 Å². The van der Waals surface area contributed by atoms with Crippen LogP contribution >= 0.6 is 15.9 Å². The number of amides is 1. The van der Waals surface area contributed by atoms with Gasteiger partial charge in [-0.25, -0.2) is 0 Å². The molecule has 22 heavy (non-hydrogen) atoms. The minimum Gasteiger partial charge on any atom is -0.454 e. The number of halogens is 1. The average molecular weight is 362 g/mol. The van der Waals surface area contributed by atoms with Gasteiger partial charge >= 0.3 is 0 Å². The van der Waals surface area contributed by atoms with Gasteiger partial charge in [-0.2, -0.15) is 0 Å². The third kappa shape index (κ3) is 3.25. The first kappa shape index (κ1) is 14.9. The number of hydrogen-bond acceptors (Lipinski definition) is 3. The van der Waals surface area contributed by atoms with Gasteiger partial charge < -0.3 is 14.8 Å². The molecule has 1 N–H and O–H groups in total. The van der Waals surface area contributed by atoms with Gasteiger partial charge in [-0.15, -0.1) is 0 Å². The van der Waals surface area contributed by atoms with Crippen LogP contribution in [0, 0.1) is 0 Å². The van der Waals surface area contributed by atoms with E-state index in [1.165, 1.54) is 0 Å². The summed E-state index contributed by atoms with van der Waals surface area (Å²) in [5.74, 6) is 1.35. The molecule has 1 heterocycles. The fourth-order valence-corrected chi connectivity index (χ4v) is 2.85. The summed E-state index contributed by atoms with van der Waals surface area (Å²) in [6, 6.07) is 13.6. The summed E-state index contributed by atoms with van der Waals surface area (Å²) < 4.78 is 11.5. The maximum absolute atomic E-state index is 12.2. The van der Waals surface area contributed by atoms with Crippen LogP contribution in [0.2, 0.25) is 0 Å². The maximum Gasteiger partial charge on any atom is 0.231 e. The zero-order valence-electron chi connectivity index (χ0n) is 12.1. The molecule has 0 bridgehead atoms. The van der Waals surface area contributed by atoms with E-state index in [4.69, 9.17) is 9.47 Å². The summed E-state index contributed by atoms with van der Waals surface area (Å²) >= 11 is 3.47. The van der Waals surface area contributed by atoms with E-state index in [0.29, 0.717) is 11.5 Å². The minimum absolute atomic E-state index is 0.0264. The molecule has 1 amide bonds. The van der Waals surface area contributed by atoms with E-state index in [9.17, 15) is 4.79 Å². The summed E-state index contributed by atoms with van der Waals surface area (Å²) in [4.78, 5) is 12.2. The fourth-order valence-electron chi connectivity index (χ4n) is 2.39. The number of benzene rings is 2. The SMILES string of the molecule is CC(NC(=O)Cc1cc2c(cc1Br)OCO2)c1ccccc1. The predicted octanol–water partition coefficient (Wildman–Crippen LogP) is 3.60. The second kappa shape index (κ2) is 6.40. The molecule has 0 aliphatic carbocycles. The molecular weight excluding hydrogens is 346 g/mol. The van der Waals surface area contributed by atoms with Gasteiger partial charge in [0.15, 0.2) is 11.5 Å². The molecule has 0 aromatic heterocycles. The van der Waals surface area contributed by atoms with Crippen molar-refractivity contribution < 1.29 is 14.3 Å². The molecule has 2 aromatic carbocycles. The number of fused-ring (bicyclic) bond motifs is 1. The van der Waals surface area contributed by atoms with Crippen molar-refractivity contribution in [1.29, 1.82) is 0 Å². The summed E-state index contributed by atoms with van der Waals surface area (Å²) in [5, 5.41) is 3.01. The van der Waals surface area contributed by atoms with Crippen LogP contribution in [-0.4, -0.2) is 12.7 Å². The summed E-state index contributed by atoms with van der Waals surface area (Å²) in [7, 11) is 0. The topological polar surface area (TPSA) is 47.6 Å². The second-order valence-corrected chi connectivity index (χ2v) is 6.03. The van der Waals surface area contributed by atoms with Gasteiger partial charge in [0.1, 0.15) is 0 Å². The number of rotatable bonds is 4. The maximum atomic E-state index is 12.2. The van der Waals surface area contributed by atoms with Crippen molar-refractivity contribution in [3.63, 3.8) is 0 Å². The molecule has 1 aliphatic heterocycles. The second-order valence-electron chi connectivity index (χ2n) is 5.17. The number of ether oxygens (including phenoxy) is 2. The predicted molar refractivity (Wildman–Crippen MR) is 87.0 cm³/mol. The Kier molecular flexibility index (Phi) is 4.34. The van der Waals surface area contributed by atoms with E-state index in [1.807, 2.05) is 49.4 Å². The zero-order chi connectivity index (χ0) is 15.5. The molecule has 4 nitrogen and oxygen atoms in total. The number of carbonyl (C=O) groups is 1. The Morgan fingerprint density at radius 1 is 1.23 bits per heavy atom. The highest BCUT2D eigenvalue weighted by Crippen LogP contribution is 2.37. The lowest BCUT2D eigenvalue weighted by atomic mass is 10.1. The van der Waals surface area contributed by atoms with Crippen LogP contribution in [0.5, 0.6) is 11.5 Å². The fraction of sp³-hybridized carbons (Fsp3) is 0.235. The third-order valence-corrected chi connectivity index (χ3v) is 4.31. The number of carbonyl (C=O) groups excluding carboxylic acids is 1. The molecule has 0 saturated heterocycles. The van der Waals surface area contributed by atoms with Crippen molar-refractivity contribution in [3.05, 3.63) is 58.1 Å². The lowest BCUT2D eigenvalue weighted by Gasteiger charge is -2.15. The highest BCUT2D eigenvalue weighted by molar-refractivity contribution is 9.10. The van der Waals surface area contributed by atoms with Gasteiger partial charge in [-0.1, -0.05) is 46.3 Å². The summed E-state index contributed by atoms with van der Waals surface area (Å²) in [5.41, 5.74) is 1.96. The quantitative estimate of drug-likeness (QED) is 0.904. The Hall–Kier alpha value is -2.01. The number of hydrogen-bond donors (Lipinski definition) is 1. The van der Waals surface area contributed by atoms with Crippen LogP contribution in [-0.2, 0) is 11.2 Å². The highest BCUT2D eigenvalue weighted by atomic mass is 79.9. The van der Waals surface area contributed by atoms with Crippen LogP contribution in [0.3, 0.4) is 0 Å². The van der Waals surface area contributed by atoms with Gasteiger partial charge in [-0.3, -0.25) is 4.79 Å². The van der Waals surface area contributed by atoms with Gasteiger partial charge in [0.25, 0.3) is 0 Å². The Morgan fingerprint density at radius 2 is 1.91 bits per heavy atom. The van der Waals surface area contributed by atoms with Crippen molar-refractivity contribution in [1.82, 2.24) is 5.32 Å². The van der Waals surface area contributed by atoms with E-state index in [2.05, 4.69) is 21.2 Å². The van der Waals surface area contributed by atoms with E-state index in [0.717, 1.165) is 15.6 Å². The molecule has 1 unspecified atom stereocenters. The summed E-state index contributed by atoms with van der Waals surface area (Å²) in [6.45, 7) is 2.20. The first-order chi connectivity index (χ1) is 10.6. The molecule has 0 fully saturated rings. The molecule has 2 aromatic rings. The van der Waals surface area contributed by atoms with E-state index < -0.39 is 0 Å². The largest absolute Gasteiger partial charge is 0.454 e. The van der Waals surface area contributed by atoms with Gasteiger partial charge in [-0.05, 0) is 30.2 Å². The molecule has 1 atom stereocenters. The van der Waals surface area contributed by atoms with Gasteiger partial charge in [0.05, 0.1) is 12.5 Å². The van der Waals surface area contributed by atoms with Crippen molar-refractivity contribution in [2.24, 2.45) is 0 Å². The van der Waals surface area contributed by atoms with Crippen LogP contribution in [0.15, 0.2) is 46.9 Å². The van der Waals surface area contributed by atoms with Crippen LogP contribution in [0.4, 0.5) is 0 Å². The van der Waals surface area contributed by atoms with E-state index >= 15 is 0 Å². The summed E-state index contributed by atoms with van der Waals surface area (Å²) in [6.07, 6.45) is 0.286. The lowest BCUT2D eigenvalue weighted by Crippen LogP contribution is -2.28. The van der Waals surface area contributed by atoms with Crippen LogP contribution in [0.25, 0.3) is 0 Å². The molecule has 3 rings (SSSR count). The Balaban J connectivity index is 1.67. The van der Waals surface area contributed by atoms with Crippen molar-refractivity contribution in [2.45, 2.75) is 19.4 Å². The van der Waals surface area contributed by atoms with Crippen molar-refractivity contribution in [2.75, 3.05) is 6.79 Å². The third-order valence-electron chi connectivity index (χ3n) is 3.57. The monoisotopic (exact) mass is 361 g/mol. The highest BCUT2D eigenvalue weighted by Gasteiger charge is 2.18. The van der Waals surface area contributed by atoms with Gasteiger partial charge in [0, 0.05) is 4.47 Å². The molecule has 0 saturated carbocycles. The smallest absolute Gasteiger partial charge is 0.231 e. The molecule has 1 aliphatic rings. The van der Waals surface area contributed by atoms with Crippen molar-refractivity contribution in [3.8, 4) is 11.5 Å². The Labute approximate surface area is 137 Å². The lowest BCUT2D eigenvalue weighted by molar-refractivity contribution is -0.121. The van der Waals surface area contributed by atoms with E-state index in [1.54, 1.807) is 0 Å². The standard InChI is InChI=1S/C17H16BrNO3/c1-11(12-5-3-2-4-6-12)19-17(20)8-13-7-15-16(9-14(13)18)22-10-21-15/h2-7,9,11H,8,10H2,1H3,(H,19,20). The Morgan fingerprint density at radius 3 is 2.64 bits per heavy atom. The minimum atomic E-state index is -0.0316. The average Bonchev–Trinajstić information content (AvgIpc) is 2.95. The molecule has 5 heteroatoms. The first-order valence-corrected chi connectivity index (χ1v) is 7.85.